The zero-order chi connectivity index (χ0) is 14.1. The normalized spacial score (nSPS) is 15.2. The first kappa shape index (κ1) is 16.9. The van der Waals surface area contributed by atoms with E-state index in [0.717, 1.165) is 17.4 Å². The molecule has 17 heavy (non-hydrogen) atoms. The summed E-state index contributed by atoms with van der Waals surface area (Å²) in [5, 5.41) is 9.22. The third kappa shape index (κ3) is 3.03. The predicted octanol–water partition coefficient (Wildman–Crippen LogP) is 3.58. The maximum absolute atomic E-state index is 9.22. The molecule has 0 radical (unpaired) electrons. The van der Waals surface area contributed by atoms with Gasteiger partial charge < -0.3 is 9.59 Å². The van der Waals surface area contributed by atoms with E-state index in [-0.39, 0.29) is 23.2 Å². The molecule has 1 N–H and O–H groups in total. The first-order chi connectivity index (χ1) is 7.31. The molecule has 2 heteroatoms. The molecule has 0 heterocycles. The van der Waals surface area contributed by atoms with Gasteiger partial charge >= 0.3 is 0 Å². The van der Waals surface area contributed by atoms with Gasteiger partial charge in [-0.1, -0.05) is 0 Å². The van der Waals surface area contributed by atoms with Gasteiger partial charge in [0, 0.05) is 13.0 Å². The SMILES string of the molecule is CC(C)(C)[N+](CCCO)(C(C)(C)C)C(C)(C)C. The highest BCUT2D eigenvalue weighted by atomic mass is 16.3. The Labute approximate surface area is 109 Å². The van der Waals surface area contributed by atoms with Crippen molar-refractivity contribution in [2.75, 3.05) is 13.2 Å². The second-order valence-electron chi connectivity index (χ2n) is 8.12. The standard InChI is InChI=1S/C15H34NO/c1-13(2,3)16(11-10-12-17,14(4,5)6)15(7,8)9/h17H,10-12H2,1-9H3/q+1. The van der Waals surface area contributed by atoms with Gasteiger partial charge in [-0.05, 0) is 62.3 Å². The number of quaternary nitrogens is 1. The third-order valence-electron chi connectivity index (χ3n) is 4.09. The van der Waals surface area contributed by atoms with Crippen LogP contribution in [0.2, 0.25) is 0 Å². The highest BCUT2D eigenvalue weighted by Gasteiger charge is 2.55. The van der Waals surface area contributed by atoms with Crippen LogP contribution in [0.1, 0.15) is 68.7 Å². The molecule has 104 valence electrons. The van der Waals surface area contributed by atoms with E-state index in [1.165, 1.54) is 0 Å². The van der Waals surface area contributed by atoms with Gasteiger partial charge in [0.1, 0.15) is 0 Å². The number of rotatable bonds is 3. The Kier molecular flexibility index (Phi) is 4.87. The first-order valence-electron chi connectivity index (χ1n) is 6.80. The molecule has 0 bridgehead atoms. The fraction of sp³-hybridized carbons (Fsp3) is 1.00. The van der Waals surface area contributed by atoms with Crippen molar-refractivity contribution in [2.24, 2.45) is 0 Å². The van der Waals surface area contributed by atoms with Crippen molar-refractivity contribution in [3.05, 3.63) is 0 Å². The molecule has 0 rings (SSSR count). The van der Waals surface area contributed by atoms with Crippen LogP contribution in [0.15, 0.2) is 0 Å². The second-order valence-corrected chi connectivity index (χ2v) is 8.12. The fourth-order valence-electron chi connectivity index (χ4n) is 4.33. The molecular weight excluding hydrogens is 210 g/mol. The minimum Gasteiger partial charge on any atom is -0.396 e. The summed E-state index contributed by atoms with van der Waals surface area (Å²) < 4.78 is 1.01. The van der Waals surface area contributed by atoms with Gasteiger partial charge in [0.15, 0.2) is 0 Å². The van der Waals surface area contributed by atoms with Crippen LogP contribution in [0.5, 0.6) is 0 Å². The number of hydrogen-bond acceptors (Lipinski definition) is 1. The molecule has 0 spiro atoms. The van der Waals surface area contributed by atoms with Crippen LogP contribution in [0.3, 0.4) is 0 Å². The Bertz CT molecular complexity index is 201. The molecule has 0 aromatic heterocycles. The summed E-state index contributed by atoms with van der Waals surface area (Å²) in [6, 6.07) is 0. The topological polar surface area (TPSA) is 20.2 Å². The van der Waals surface area contributed by atoms with Crippen LogP contribution in [0.25, 0.3) is 0 Å². The lowest BCUT2D eigenvalue weighted by Crippen LogP contribution is -2.76. The van der Waals surface area contributed by atoms with Gasteiger partial charge in [0.25, 0.3) is 0 Å². The smallest absolute Gasteiger partial charge is 0.0915 e. The van der Waals surface area contributed by atoms with Gasteiger partial charge in [-0.15, -0.1) is 0 Å². The minimum absolute atomic E-state index is 0.158. The van der Waals surface area contributed by atoms with Crippen molar-refractivity contribution in [1.29, 1.82) is 0 Å². The van der Waals surface area contributed by atoms with E-state index < -0.39 is 0 Å². The van der Waals surface area contributed by atoms with Crippen molar-refractivity contribution in [2.45, 2.75) is 85.4 Å². The lowest BCUT2D eigenvalue weighted by Gasteiger charge is -2.64. The van der Waals surface area contributed by atoms with Crippen molar-refractivity contribution >= 4 is 0 Å². The molecule has 0 aromatic carbocycles. The maximum atomic E-state index is 9.22. The van der Waals surface area contributed by atoms with Crippen LogP contribution in [0.4, 0.5) is 0 Å². The van der Waals surface area contributed by atoms with E-state index in [4.69, 9.17) is 0 Å². The van der Waals surface area contributed by atoms with Crippen LogP contribution in [0, 0.1) is 0 Å². The number of aliphatic hydroxyl groups is 1. The number of hydrogen-bond donors (Lipinski definition) is 1. The predicted molar refractivity (Wildman–Crippen MR) is 76.1 cm³/mol. The number of nitrogens with zero attached hydrogens (tertiary/aromatic N) is 1. The summed E-state index contributed by atoms with van der Waals surface area (Å²) in [6.07, 6.45) is 0.867. The Morgan fingerprint density at radius 3 is 1.18 bits per heavy atom. The monoisotopic (exact) mass is 244 g/mol. The second kappa shape index (κ2) is 4.89. The first-order valence-corrected chi connectivity index (χ1v) is 6.80. The summed E-state index contributed by atoms with van der Waals surface area (Å²) in [5.41, 5.74) is 0.475. The molecule has 0 saturated heterocycles. The molecule has 0 unspecified atom stereocenters. The lowest BCUT2D eigenvalue weighted by atomic mass is 9.81. The Morgan fingerprint density at radius 2 is 1.00 bits per heavy atom. The third-order valence-corrected chi connectivity index (χ3v) is 4.09. The molecule has 2 nitrogen and oxygen atoms in total. The quantitative estimate of drug-likeness (QED) is 0.752. The molecule has 0 aromatic rings. The highest BCUT2D eigenvalue weighted by Crippen LogP contribution is 2.43. The average Bonchev–Trinajstić information content (AvgIpc) is 1.96. The molecule has 0 saturated carbocycles. The zero-order valence-electron chi connectivity index (χ0n) is 13.5. The van der Waals surface area contributed by atoms with Gasteiger partial charge in [0.2, 0.25) is 0 Å². The largest absolute Gasteiger partial charge is 0.396 e. The van der Waals surface area contributed by atoms with Crippen LogP contribution < -0.4 is 0 Å². The van der Waals surface area contributed by atoms with Crippen molar-refractivity contribution in [1.82, 2.24) is 0 Å². The molecule has 0 aliphatic carbocycles. The molecule has 0 amide bonds. The van der Waals surface area contributed by atoms with Gasteiger partial charge in [0.05, 0.1) is 23.2 Å². The Morgan fingerprint density at radius 1 is 0.706 bits per heavy atom. The Hall–Kier alpha value is -0.0800. The van der Waals surface area contributed by atoms with E-state index in [0.29, 0.717) is 0 Å². The lowest BCUT2D eigenvalue weighted by molar-refractivity contribution is -1.05. The minimum atomic E-state index is 0.158. The van der Waals surface area contributed by atoms with Crippen LogP contribution >= 0.6 is 0 Å². The van der Waals surface area contributed by atoms with Crippen molar-refractivity contribution in [3.63, 3.8) is 0 Å². The highest BCUT2D eigenvalue weighted by molar-refractivity contribution is 4.82. The van der Waals surface area contributed by atoms with E-state index in [1.807, 2.05) is 0 Å². The summed E-state index contributed by atoms with van der Waals surface area (Å²) in [5.74, 6) is 0. The van der Waals surface area contributed by atoms with E-state index in [2.05, 4.69) is 62.3 Å². The number of aliphatic hydroxyl groups excluding tert-OH is 1. The van der Waals surface area contributed by atoms with Crippen LogP contribution in [-0.4, -0.2) is 39.4 Å². The molecule has 0 aliphatic rings. The van der Waals surface area contributed by atoms with Gasteiger partial charge in [-0.25, -0.2) is 0 Å². The maximum Gasteiger partial charge on any atom is 0.0915 e. The van der Waals surface area contributed by atoms with Gasteiger partial charge in [-0.3, -0.25) is 0 Å². The van der Waals surface area contributed by atoms with Gasteiger partial charge in [-0.2, -0.15) is 0 Å². The summed E-state index contributed by atoms with van der Waals surface area (Å²) >= 11 is 0. The summed E-state index contributed by atoms with van der Waals surface area (Å²) in [4.78, 5) is 0. The average molecular weight is 244 g/mol. The molecule has 0 atom stereocenters. The Balaban J connectivity index is 5.75. The summed E-state index contributed by atoms with van der Waals surface area (Å²) in [7, 11) is 0. The van der Waals surface area contributed by atoms with Crippen molar-refractivity contribution in [3.8, 4) is 0 Å². The van der Waals surface area contributed by atoms with E-state index in [9.17, 15) is 5.11 Å². The fourth-order valence-corrected chi connectivity index (χ4v) is 4.33. The molecule has 0 fully saturated rings. The van der Waals surface area contributed by atoms with Crippen LogP contribution in [-0.2, 0) is 0 Å². The zero-order valence-corrected chi connectivity index (χ0v) is 13.5. The molecule has 0 aliphatic heterocycles. The molecular formula is C15H34NO+. The van der Waals surface area contributed by atoms with E-state index >= 15 is 0 Å². The van der Waals surface area contributed by atoms with E-state index in [1.54, 1.807) is 0 Å². The summed E-state index contributed by atoms with van der Waals surface area (Å²) in [6.45, 7) is 22.2. The van der Waals surface area contributed by atoms with Crippen molar-refractivity contribution < 1.29 is 9.59 Å².